The van der Waals surface area contributed by atoms with Crippen molar-refractivity contribution in [1.29, 1.82) is 0 Å². The van der Waals surface area contributed by atoms with Crippen LogP contribution in [0.15, 0.2) is 53.3 Å². The van der Waals surface area contributed by atoms with E-state index in [9.17, 15) is 18.0 Å². The normalized spacial score (nSPS) is 12.6. The van der Waals surface area contributed by atoms with Gasteiger partial charge in [0, 0.05) is 23.6 Å². The molecule has 2 heterocycles. The molecule has 7 nitrogen and oxygen atoms in total. The van der Waals surface area contributed by atoms with E-state index in [0.29, 0.717) is 11.4 Å². The highest BCUT2D eigenvalue weighted by molar-refractivity contribution is 5.81. The van der Waals surface area contributed by atoms with Crippen LogP contribution in [-0.4, -0.2) is 27.6 Å². The average molecular weight is 419 g/mol. The third kappa shape index (κ3) is 5.34. The number of halogens is 3. The molecule has 158 valence electrons. The van der Waals surface area contributed by atoms with E-state index in [1.165, 1.54) is 12.1 Å². The molecule has 0 bridgehead atoms. The highest BCUT2D eigenvalue weighted by atomic mass is 19.4. The second kappa shape index (κ2) is 8.93. The molecule has 3 rings (SSSR count). The van der Waals surface area contributed by atoms with Crippen molar-refractivity contribution in [3.63, 3.8) is 0 Å². The van der Waals surface area contributed by atoms with Crippen LogP contribution in [0.25, 0.3) is 11.4 Å². The molecule has 2 N–H and O–H groups in total. The van der Waals surface area contributed by atoms with E-state index in [4.69, 9.17) is 4.52 Å². The second-order valence-corrected chi connectivity index (χ2v) is 6.92. The summed E-state index contributed by atoms with van der Waals surface area (Å²) in [6.45, 7) is 3.53. The lowest BCUT2D eigenvalue weighted by Crippen LogP contribution is -2.36. The number of carbonyl (C=O) groups is 1. The molecular formula is C20H20F3N5O2. The van der Waals surface area contributed by atoms with E-state index in [-0.39, 0.29) is 24.0 Å². The fraction of sp³-hybridized carbons (Fsp3) is 0.300. The molecule has 2 aromatic heterocycles. The summed E-state index contributed by atoms with van der Waals surface area (Å²) in [5.74, 6) is 0.0910. The fourth-order valence-electron chi connectivity index (χ4n) is 2.70. The van der Waals surface area contributed by atoms with Crippen LogP contribution in [-0.2, 0) is 11.0 Å². The number of amides is 1. The van der Waals surface area contributed by atoms with Gasteiger partial charge < -0.3 is 15.2 Å². The van der Waals surface area contributed by atoms with Crippen molar-refractivity contribution in [1.82, 2.24) is 20.4 Å². The van der Waals surface area contributed by atoms with Crippen molar-refractivity contribution >= 4 is 11.6 Å². The standard InChI is InChI=1S/C20H20F3N5O2/c1-12(2)17(19-27-18(28-30-19)13-5-4-8-24-10-13)26-16(29)11-25-15-7-3-6-14(9-15)20(21,22)23/h3-10,12,17,25H,11H2,1-2H3,(H,26,29). The van der Waals surface area contributed by atoms with E-state index >= 15 is 0 Å². The average Bonchev–Trinajstić information content (AvgIpc) is 3.20. The molecular weight excluding hydrogens is 399 g/mol. The molecule has 0 saturated carbocycles. The minimum Gasteiger partial charge on any atom is -0.376 e. The van der Waals surface area contributed by atoms with Crippen LogP contribution >= 0.6 is 0 Å². The minimum absolute atomic E-state index is 0.0651. The van der Waals surface area contributed by atoms with Gasteiger partial charge in [-0.1, -0.05) is 25.1 Å². The Morgan fingerprint density at radius 1 is 1.20 bits per heavy atom. The molecule has 1 aromatic carbocycles. The molecule has 0 aliphatic rings. The first-order valence-electron chi connectivity index (χ1n) is 9.18. The third-order valence-corrected chi connectivity index (χ3v) is 4.25. The molecule has 10 heteroatoms. The monoisotopic (exact) mass is 419 g/mol. The summed E-state index contributed by atoms with van der Waals surface area (Å²) in [6, 6.07) is 7.62. The lowest BCUT2D eigenvalue weighted by Gasteiger charge is -2.19. The van der Waals surface area contributed by atoms with Gasteiger partial charge in [-0.05, 0) is 36.2 Å². The van der Waals surface area contributed by atoms with Crippen LogP contribution in [0, 0.1) is 5.92 Å². The summed E-state index contributed by atoms with van der Waals surface area (Å²) >= 11 is 0. The highest BCUT2D eigenvalue weighted by Crippen LogP contribution is 2.30. The number of aromatic nitrogens is 3. The molecule has 3 aromatic rings. The van der Waals surface area contributed by atoms with Crippen LogP contribution < -0.4 is 10.6 Å². The van der Waals surface area contributed by atoms with Crippen LogP contribution in [0.5, 0.6) is 0 Å². The van der Waals surface area contributed by atoms with Crippen molar-refractivity contribution < 1.29 is 22.5 Å². The van der Waals surface area contributed by atoms with Gasteiger partial charge in [-0.25, -0.2) is 0 Å². The van der Waals surface area contributed by atoms with Gasteiger partial charge in [-0.15, -0.1) is 0 Å². The Kier molecular flexibility index (Phi) is 6.34. The summed E-state index contributed by atoms with van der Waals surface area (Å²) in [5, 5.41) is 9.40. The summed E-state index contributed by atoms with van der Waals surface area (Å²) in [4.78, 5) is 20.7. The zero-order chi connectivity index (χ0) is 21.7. The number of nitrogens with zero attached hydrogens (tertiary/aromatic N) is 3. The topological polar surface area (TPSA) is 92.9 Å². The van der Waals surface area contributed by atoms with E-state index in [2.05, 4.69) is 25.8 Å². The van der Waals surface area contributed by atoms with E-state index in [1.54, 1.807) is 24.5 Å². The number of benzene rings is 1. The summed E-state index contributed by atoms with van der Waals surface area (Å²) < 4.78 is 43.7. The van der Waals surface area contributed by atoms with Gasteiger partial charge in [0.25, 0.3) is 0 Å². The number of anilines is 1. The zero-order valence-electron chi connectivity index (χ0n) is 16.3. The Balaban J connectivity index is 1.65. The van der Waals surface area contributed by atoms with Crippen LogP contribution in [0.2, 0.25) is 0 Å². The molecule has 0 aliphatic carbocycles. The number of hydrogen-bond donors (Lipinski definition) is 2. The molecule has 0 saturated heterocycles. The predicted octanol–water partition coefficient (Wildman–Crippen LogP) is 4.08. The number of nitrogens with one attached hydrogen (secondary N) is 2. The van der Waals surface area contributed by atoms with Gasteiger partial charge in [0.2, 0.25) is 17.6 Å². The van der Waals surface area contributed by atoms with E-state index < -0.39 is 23.7 Å². The Morgan fingerprint density at radius 2 is 2.00 bits per heavy atom. The summed E-state index contributed by atoms with van der Waals surface area (Å²) in [5.41, 5.74) is 0.0760. The van der Waals surface area contributed by atoms with Gasteiger partial charge in [0.05, 0.1) is 12.1 Å². The highest BCUT2D eigenvalue weighted by Gasteiger charge is 2.30. The van der Waals surface area contributed by atoms with Gasteiger partial charge in [0.15, 0.2) is 0 Å². The maximum atomic E-state index is 12.8. The van der Waals surface area contributed by atoms with E-state index in [0.717, 1.165) is 12.1 Å². The van der Waals surface area contributed by atoms with Gasteiger partial charge in [-0.3, -0.25) is 9.78 Å². The van der Waals surface area contributed by atoms with Gasteiger partial charge in [-0.2, -0.15) is 18.2 Å². The number of rotatable bonds is 7. The Bertz CT molecular complexity index is 989. The van der Waals surface area contributed by atoms with Crippen LogP contribution in [0.1, 0.15) is 31.3 Å². The number of carbonyl (C=O) groups excluding carboxylic acids is 1. The van der Waals surface area contributed by atoms with Crippen molar-refractivity contribution in [2.45, 2.75) is 26.1 Å². The minimum atomic E-state index is -4.45. The molecule has 30 heavy (non-hydrogen) atoms. The Morgan fingerprint density at radius 3 is 2.67 bits per heavy atom. The predicted molar refractivity (Wildman–Crippen MR) is 103 cm³/mol. The first kappa shape index (κ1) is 21.3. The van der Waals surface area contributed by atoms with Crippen molar-refractivity contribution in [3.8, 4) is 11.4 Å². The molecule has 0 spiro atoms. The van der Waals surface area contributed by atoms with E-state index in [1.807, 2.05) is 13.8 Å². The molecule has 0 fully saturated rings. The summed E-state index contributed by atoms with van der Waals surface area (Å²) in [6.07, 6.45) is -1.23. The SMILES string of the molecule is CC(C)C(NC(=O)CNc1cccc(C(F)(F)F)c1)c1nc(-c2cccnc2)no1. The smallest absolute Gasteiger partial charge is 0.376 e. The molecule has 1 atom stereocenters. The molecule has 1 unspecified atom stereocenters. The zero-order valence-corrected chi connectivity index (χ0v) is 16.3. The quantitative estimate of drug-likeness (QED) is 0.600. The number of pyridine rings is 1. The van der Waals surface area contributed by atoms with Crippen molar-refractivity contribution in [2.24, 2.45) is 5.92 Å². The lowest BCUT2D eigenvalue weighted by atomic mass is 10.0. The number of hydrogen-bond acceptors (Lipinski definition) is 6. The first-order valence-corrected chi connectivity index (χ1v) is 9.18. The maximum Gasteiger partial charge on any atom is 0.416 e. The van der Waals surface area contributed by atoms with Crippen LogP contribution in [0.3, 0.4) is 0 Å². The molecule has 1 amide bonds. The Hall–Kier alpha value is -3.43. The molecule has 0 radical (unpaired) electrons. The second-order valence-electron chi connectivity index (χ2n) is 6.92. The fourth-order valence-corrected chi connectivity index (χ4v) is 2.70. The Labute approximate surface area is 170 Å². The van der Waals surface area contributed by atoms with Crippen molar-refractivity contribution in [3.05, 3.63) is 60.2 Å². The maximum absolute atomic E-state index is 12.8. The lowest BCUT2D eigenvalue weighted by molar-refractivity contribution is -0.137. The van der Waals surface area contributed by atoms with Gasteiger partial charge in [0.1, 0.15) is 6.04 Å². The van der Waals surface area contributed by atoms with Crippen molar-refractivity contribution in [2.75, 3.05) is 11.9 Å². The van der Waals surface area contributed by atoms with Crippen LogP contribution in [0.4, 0.5) is 18.9 Å². The van der Waals surface area contributed by atoms with Gasteiger partial charge >= 0.3 is 6.18 Å². The summed E-state index contributed by atoms with van der Waals surface area (Å²) in [7, 11) is 0. The first-order chi connectivity index (χ1) is 14.2. The number of alkyl halides is 3. The molecule has 0 aliphatic heterocycles. The largest absolute Gasteiger partial charge is 0.416 e. The third-order valence-electron chi connectivity index (χ3n) is 4.25.